The van der Waals surface area contributed by atoms with Crippen molar-refractivity contribution < 1.29 is 0 Å². The van der Waals surface area contributed by atoms with Crippen LogP contribution in [-0.2, 0) is 13.0 Å². The molecule has 0 radical (unpaired) electrons. The summed E-state index contributed by atoms with van der Waals surface area (Å²) in [6.07, 6.45) is 6.15. The van der Waals surface area contributed by atoms with E-state index in [9.17, 15) is 0 Å². The lowest BCUT2D eigenvalue weighted by molar-refractivity contribution is 0.543. The zero-order valence-electron chi connectivity index (χ0n) is 12.8. The smallest absolute Gasteiger partial charge is 0.139 e. The van der Waals surface area contributed by atoms with Gasteiger partial charge in [-0.2, -0.15) is 0 Å². The number of aryl methyl sites for hydroxylation is 1. The molecule has 1 unspecified atom stereocenters. The first-order chi connectivity index (χ1) is 9.74. The van der Waals surface area contributed by atoms with Crippen LogP contribution in [0, 0.1) is 0 Å². The Morgan fingerprint density at radius 2 is 1.95 bits per heavy atom. The molecule has 0 aliphatic heterocycles. The second kappa shape index (κ2) is 7.25. The molecule has 1 atom stereocenters. The molecule has 2 rings (SSSR count). The zero-order chi connectivity index (χ0) is 14.4. The Kier molecular flexibility index (Phi) is 5.36. The molecule has 0 aliphatic rings. The minimum atomic E-state index is 0.526. The van der Waals surface area contributed by atoms with Gasteiger partial charge in [-0.15, -0.1) is 0 Å². The maximum Gasteiger partial charge on any atom is 0.139 e. The number of benzene rings is 1. The van der Waals surface area contributed by atoms with E-state index in [0.29, 0.717) is 6.04 Å². The molecule has 1 aromatic carbocycles. The average molecular weight is 271 g/mol. The molecule has 1 heterocycles. The third-order valence-electron chi connectivity index (χ3n) is 3.55. The molecule has 0 fully saturated rings. The molecule has 2 aromatic rings. The van der Waals surface area contributed by atoms with E-state index in [4.69, 9.17) is 0 Å². The van der Waals surface area contributed by atoms with Crippen molar-refractivity contribution in [3.63, 3.8) is 0 Å². The molecular formula is C17H25N3. The van der Waals surface area contributed by atoms with E-state index < -0.39 is 0 Å². The van der Waals surface area contributed by atoms with Gasteiger partial charge < -0.3 is 9.88 Å². The summed E-state index contributed by atoms with van der Waals surface area (Å²) in [5.41, 5.74) is 2.56. The van der Waals surface area contributed by atoms with Crippen molar-refractivity contribution in [3.05, 3.63) is 42.2 Å². The van der Waals surface area contributed by atoms with E-state index in [1.54, 1.807) is 0 Å². The van der Waals surface area contributed by atoms with Crippen LogP contribution in [0.25, 0.3) is 11.4 Å². The van der Waals surface area contributed by atoms with Crippen LogP contribution in [-0.4, -0.2) is 22.1 Å². The maximum atomic E-state index is 4.44. The number of hydrogen-bond donors (Lipinski definition) is 1. The summed E-state index contributed by atoms with van der Waals surface area (Å²) in [5.74, 6) is 1.05. The van der Waals surface area contributed by atoms with Gasteiger partial charge in [0.1, 0.15) is 5.82 Å². The highest BCUT2D eigenvalue weighted by atomic mass is 15.1. The van der Waals surface area contributed by atoms with Gasteiger partial charge in [-0.05, 0) is 38.8 Å². The van der Waals surface area contributed by atoms with Crippen molar-refractivity contribution in [1.29, 1.82) is 0 Å². The van der Waals surface area contributed by atoms with Crippen LogP contribution in [0.4, 0.5) is 0 Å². The van der Waals surface area contributed by atoms with E-state index in [0.717, 1.165) is 25.3 Å². The second-order valence-corrected chi connectivity index (χ2v) is 5.29. The largest absolute Gasteiger partial charge is 0.331 e. The lowest BCUT2D eigenvalue weighted by atomic mass is 10.0. The molecule has 1 aromatic heterocycles. The molecule has 3 nitrogen and oxygen atoms in total. The summed E-state index contributed by atoms with van der Waals surface area (Å²) < 4.78 is 2.17. The van der Waals surface area contributed by atoms with Gasteiger partial charge in [0.2, 0.25) is 0 Å². The Morgan fingerprint density at radius 3 is 2.60 bits per heavy atom. The molecule has 3 heteroatoms. The summed E-state index contributed by atoms with van der Waals surface area (Å²) in [4.78, 5) is 4.44. The first-order valence-corrected chi connectivity index (χ1v) is 7.58. The Morgan fingerprint density at radius 1 is 1.20 bits per heavy atom. The second-order valence-electron chi connectivity index (χ2n) is 5.29. The minimum absolute atomic E-state index is 0.526. The molecular weight excluding hydrogens is 246 g/mol. The standard InChI is InChI=1S/C17H25N3/c1-4-10-18-14(3)13-15-6-8-16(9-7-15)17-19-11-12-20(17)5-2/h6-9,11-12,14,18H,4-5,10,13H2,1-3H3. The molecule has 108 valence electrons. The van der Waals surface area contributed by atoms with E-state index >= 15 is 0 Å². The fraction of sp³-hybridized carbons (Fsp3) is 0.471. The normalized spacial score (nSPS) is 12.6. The molecule has 1 N–H and O–H groups in total. The van der Waals surface area contributed by atoms with Crippen molar-refractivity contribution in [2.75, 3.05) is 6.54 Å². The number of rotatable bonds is 7. The summed E-state index contributed by atoms with van der Waals surface area (Å²) in [7, 11) is 0. The van der Waals surface area contributed by atoms with E-state index in [1.165, 1.54) is 17.5 Å². The van der Waals surface area contributed by atoms with Crippen LogP contribution in [0.1, 0.15) is 32.8 Å². The zero-order valence-corrected chi connectivity index (χ0v) is 12.8. The Hall–Kier alpha value is -1.61. The highest BCUT2D eigenvalue weighted by molar-refractivity contribution is 5.56. The number of nitrogens with one attached hydrogen (secondary N) is 1. The van der Waals surface area contributed by atoms with Gasteiger partial charge in [-0.25, -0.2) is 4.98 Å². The van der Waals surface area contributed by atoms with Gasteiger partial charge in [0.25, 0.3) is 0 Å². The summed E-state index contributed by atoms with van der Waals surface area (Å²) in [5, 5.41) is 3.52. The molecule has 0 saturated heterocycles. The molecule has 0 aliphatic carbocycles. The van der Waals surface area contributed by atoms with Crippen LogP contribution in [0.2, 0.25) is 0 Å². The topological polar surface area (TPSA) is 29.9 Å². The van der Waals surface area contributed by atoms with E-state index in [2.05, 4.69) is 59.9 Å². The third-order valence-corrected chi connectivity index (χ3v) is 3.55. The number of imidazole rings is 1. The number of hydrogen-bond acceptors (Lipinski definition) is 2. The van der Waals surface area contributed by atoms with Gasteiger partial charge in [0, 0.05) is 30.5 Å². The van der Waals surface area contributed by atoms with Gasteiger partial charge >= 0.3 is 0 Å². The van der Waals surface area contributed by atoms with Crippen LogP contribution in [0.3, 0.4) is 0 Å². The molecule has 0 spiro atoms. The van der Waals surface area contributed by atoms with Crippen LogP contribution < -0.4 is 5.32 Å². The Labute approximate surface area is 122 Å². The van der Waals surface area contributed by atoms with Gasteiger partial charge in [0.15, 0.2) is 0 Å². The lowest BCUT2D eigenvalue weighted by Gasteiger charge is -2.13. The predicted octanol–water partition coefficient (Wildman–Crippen LogP) is 3.50. The van der Waals surface area contributed by atoms with Crippen molar-refractivity contribution in [1.82, 2.24) is 14.9 Å². The van der Waals surface area contributed by atoms with Crippen molar-refractivity contribution in [2.24, 2.45) is 0 Å². The molecule has 0 amide bonds. The average Bonchev–Trinajstić information content (AvgIpc) is 2.94. The van der Waals surface area contributed by atoms with Crippen molar-refractivity contribution >= 4 is 0 Å². The van der Waals surface area contributed by atoms with Crippen LogP contribution in [0.15, 0.2) is 36.7 Å². The summed E-state index contributed by atoms with van der Waals surface area (Å²) in [6.45, 7) is 8.63. The maximum absolute atomic E-state index is 4.44. The van der Waals surface area contributed by atoms with Gasteiger partial charge in [-0.3, -0.25) is 0 Å². The van der Waals surface area contributed by atoms with E-state index in [1.807, 2.05) is 12.4 Å². The summed E-state index contributed by atoms with van der Waals surface area (Å²) >= 11 is 0. The quantitative estimate of drug-likeness (QED) is 0.835. The van der Waals surface area contributed by atoms with Crippen LogP contribution in [0.5, 0.6) is 0 Å². The van der Waals surface area contributed by atoms with Crippen molar-refractivity contribution in [2.45, 2.75) is 46.2 Å². The monoisotopic (exact) mass is 271 g/mol. The molecule has 20 heavy (non-hydrogen) atoms. The van der Waals surface area contributed by atoms with Gasteiger partial charge in [-0.1, -0.05) is 31.2 Å². The van der Waals surface area contributed by atoms with E-state index in [-0.39, 0.29) is 0 Å². The minimum Gasteiger partial charge on any atom is -0.331 e. The number of aromatic nitrogens is 2. The van der Waals surface area contributed by atoms with Crippen LogP contribution >= 0.6 is 0 Å². The third kappa shape index (κ3) is 3.70. The highest BCUT2D eigenvalue weighted by Gasteiger charge is 2.06. The Bertz CT molecular complexity index is 513. The first-order valence-electron chi connectivity index (χ1n) is 7.58. The van der Waals surface area contributed by atoms with Crippen molar-refractivity contribution in [3.8, 4) is 11.4 Å². The Balaban J connectivity index is 2.03. The molecule has 0 saturated carbocycles. The van der Waals surface area contributed by atoms with Gasteiger partial charge in [0.05, 0.1) is 0 Å². The highest BCUT2D eigenvalue weighted by Crippen LogP contribution is 2.18. The fourth-order valence-corrected chi connectivity index (χ4v) is 2.43. The predicted molar refractivity (Wildman–Crippen MR) is 84.8 cm³/mol. The summed E-state index contributed by atoms with van der Waals surface area (Å²) in [6, 6.07) is 9.31. The SMILES string of the molecule is CCCNC(C)Cc1ccc(-c2nccn2CC)cc1. The fourth-order valence-electron chi connectivity index (χ4n) is 2.43. The number of nitrogens with zero attached hydrogens (tertiary/aromatic N) is 2. The molecule has 0 bridgehead atoms. The first kappa shape index (κ1) is 14.8. The lowest BCUT2D eigenvalue weighted by Crippen LogP contribution is -2.28.